The summed E-state index contributed by atoms with van der Waals surface area (Å²) in [5, 5.41) is 8.85. The lowest BCUT2D eigenvalue weighted by Gasteiger charge is -1.93. The summed E-state index contributed by atoms with van der Waals surface area (Å²) < 4.78 is 1.94. The molecule has 17 heavy (non-hydrogen) atoms. The van der Waals surface area contributed by atoms with Gasteiger partial charge in [-0.1, -0.05) is 66.5 Å². The molecular formula is C10H14N2OS4. The first kappa shape index (κ1) is 15.1. The van der Waals surface area contributed by atoms with Crippen LogP contribution in [0, 0.1) is 0 Å². The lowest BCUT2D eigenvalue weighted by atomic mass is 10.4. The van der Waals surface area contributed by atoms with Crippen LogP contribution in [0.5, 0.6) is 0 Å². The smallest absolute Gasteiger partial charge is 0.212 e. The standard InChI is InChI=1S/C10H14N2OS4/c1-3-5-6-14-9-11-12-10(17-9)16-7-15-8(13)4-2/h4H,2-3,5-7H2,1H3. The molecule has 0 aliphatic rings. The van der Waals surface area contributed by atoms with Crippen LogP contribution < -0.4 is 0 Å². The van der Waals surface area contributed by atoms with Crippen LogP contribution in [0.25, 0.3) is 0 Å². The Morgan fingerprint density at radius 2 is 2.12 bits per heavy atom. The van der Waals surface area contributed by atoms with E-state index in [9.17, 15) is 4.79 Å². The summed E-state index contributed by atoms with van der Waals surface area (Å²) in [7, 11) is 0. The minimum atomic E-state index is -0.000408. The zero-order chi connectivity index (χ0) is 12.5. The third kappa shape index (κ3) is 6.49. The molecule has 0 aliphatic carbocycles. The molecule has 0 unspecified atom stereocenters. The van der Waals surface area contributed by atoms with E-state index in [1.165, 1.54) is 30.7 Å². The number of carbonyl (C=O) groups excluding carboxylic acids is 1. The monoisotopic (exact) mass is 306 g/mol. The fourth-order valence-electron chi connectivity index (χ4n) is 0.815. The molecule has 0 spiro atoms. The summed E-state index contributed by atoms with van der Waals surface area (Å²) in [4.78, 5) is 11.0. The predicted octanol–water partition coefficient (Wildman–Crippen LogP) is 3.93. The molecule has 7 heteroatoms. The van der Waals surface area contributed by atoms with Gasteiger partial charge in [0.1, 0.15) is 0 Å². The van der Waals surface area contributed by atoms with Crippen LogP contribution in [0.15, 0.2) is 21.3 Å². The number of rotatable bonds is 8. The summed E-state index contributed by atoms with van der Waals surface area (Å²) in [6, 6.07) is 0. The molecule has 1 rings (SSSR count). The molecule has 3 nitrogen and oxygen atoms in total. The van der Waals surface area contributed by atoms with Crippen LogP contribution >= 0.6 is 46.6 Å². The topological polar surface area (TPSA) is 42.9 Å². The zero-order valence-corrected chi connectivity index (χ0v) is 12.8. The summed E-state index contributed by atoms with van der Waals surface area (Å²) in [6.45, 7) is 5.60. The van der Waals surface area contributed by atoms with Crippen LogP contribution in [0.1, 0.15) is 19.8 Å². The minimum Gasteiger partial charge on any atom is -0.282 e. The highest BCUT2D eigenvalue weighted by Crippen LogP contribution is 2.31. The van der Waals surface area contributed by atoms with Gasteiger partial charge in [0.2, 0.25) is 5.12 Å². The molecule has 0 bridgehead atoms. The number of hydrogen-bond acceptors (Lipinski definition) is 7. The second-order valence-corrected chi connectivity index (χ2v) is 7.85. The Morgan fingerprint density at radius 3 is 2.76 bits per heavy atom. The van der Waals surface area contributed by atoms with E-state index in [1.807, 2.05) is 0 Å². The predicted molar refractivity (Wildman–Crippen MR) is 79.1 cm³/mol. The molecule has 0 aliphatic heterocycles. The molecule has 0 radical (unpaired) electrons. The van der Waals surface area contributed by atoms with Gasteiger partial charge < -0.3 is 0 Å². The number of hydrogen-bond donors (Lipinski definition) is 0. The first-order chi connectivity index (χ1) is 8.26. The lowest BCUT2D eigenvalue weighted by molar-refractivity contribution is -0.107. The van der Waals surface area contributed by atoms with Crippen LogP contribution in [0.4, 0.5) is 0 Å². The van der Waals surface area contributed by atoms with Crippen molar-refractivity contribution in [2.24, 2.45) is 0 Å². The highest BCUT2D eigenvalue weighted by atomic mass is 32.2. The third-order valence-electron chi connectivity index (χ3n) is 1.66. The van der Waals surface area contributed by atoms with Gasteiger partial charge in [-0.05, 0) is 12.5 Å². The van der Waals surface area contributed by atoms with Crippen molar-refractivity contribution in [2.75, 3.05) is 10.8 Å². The molecule has 0 fully saturated rings. The SMILES string of the molecule is C=CC(=O)SCSc1nnc(SCCCC)s1. The van der Waals surface area contributed by atoms with E-state index in [0.717, 1.165) is 14.4 Å². The molecule has 1 aromatic heterocycles. The first-order valence-electron chi connectivity index (χ1n) is 5.14. The third-order valence-corrected chi connectivity index (χ3v) is 5.93. The Labute approximate surface area is 118 Å². The number of unbranched alkanes of at least 4 members (excludes halogenated alkanes) is 1. The van der Waals surface area contributed by atoms with Gasteiger partial charge in [0.25, 0.3) is 0 Å². The molecule has 0 aromatic carbocycles. The maximum atomic E-state index is 11.0. The van der Waals surface area contributed by atoms with E-state index in [1.54, 1.807) is 34.9 Å². The van der Waals surface area contributed by atoms with E-state index in [-0.39, 0.29) is 5.12 Å². The minimum absolute atomic E-state index is 0.000408. The van der Waals surface area contributed by atoms with Gasteiger partial charge in [-0.25, -0.2) is 0 Å². The molecule has 0 saturated carbocycles. The average Bonchev–Trinajstić information content (AvgIpc) is 2.77. The Bertz CT molecular complexity index is 367. The molecule has 1 aromatic rings. The highest BCUT2D eigenvalue weighted by molar-refractivity contribution is 8.24. The normalized spacial score (nSPS) is 10.4. The van der Waals surface area contributed by atoms with Crippen molar-refractivity contribution in [3.8, 4) is 0 Å². The maximum absolute atomic E-state index is 11.0. The van der Waals surface area contributed by atoms with Gasteiger partial charge in [0.05, 0.1) is 5.08 Å². The van der Waals surface area contributed by atoms with Crippen molar-refractivity contribution >= 4 is 51.7 Å². The molecule has 94 valence electrons. The fraction of sp³-hybridized carbons (Fsp3) is 0.500. The zero-order valence-electron chi connectivity index (χ0n) is 9.55. The Balaban J connectivity index is 2.25. The second-order valence-electron chi connectivity index (χ2n) is 2.97. The van der Waals surface area contributed by atoms with Crippen LogP contribution in [0.2, 0.25) is 0 Å². The Hall–Kier alpha value is 0.0200. The van der Waals surface area contributed by atoms with Gasteiger partial charge in [0, 0.05) is 5.75 Å². The molecule has 1 heterocycles. The van der Waals surface area contributed by atoms with Gasteiger partial charge in [-0.3, -0.25) is 4.79 Å². The van der Waals surface area contributed by atoms with Gasteiger partial charge in [-0.2, -0.15) is 0 Å². The van der Waals surface area contributed by atoms with Crippen molar-refractivity contribution in [3.05, 3.63) is 12.7 Å². The molecule has 0 amide bonds. The second kappa shape index (κ2) is 9.02. The van der Waals surface area contributed by atoms with E-state index >= 15 is 0 Å². The van der Waals surface area contributed by atoms with Crippen LogP contribution in [0.3, 0.4) is 0 Å². The summed E-state index contributed by atoms with van der Waals surface area (Å²) in [5.41, 5.74) is 0. The van der Waals surface area contributed by atoms with Crippen molar-refractivity contribution < 1.29 is 4.79 Å². The molecular weight excluding hydrogens is 292 g/mol. The van der Waals surface area contributed by atoms with Gasteiger partial charge in [0.15, 0.2) is 8.68 Å². The maximum Gasteiger partial charge on any atom is 0.212 e. The van der Waals surface area contributed by atoms with Crippen LogP contribution in [-0.4, -0.2) is 26.2 Å². The van der Waals surface area contributed by atoms with E-state index in [2.05, 4.69) is 23.7 Å². The fourth-order valence-corrected chi connectivity index (χ4v) is 4.94. The quantitative estimate of drug-likeness (QED) is 0.314. The molecule has 0 N–H and O–H groups in total. The van der Waals surface area contributed by atoms with Crippen LogP contribution in [-0.2, 0) is 4.79 Å². The Kier molecular flexibility index (Phi) is 8.00. The number of carbonyl (C=O) groups is 1. The number of thioether (sulfide) groups is 3. The molecule has 0 atom stereocenters. The summed E-state index contributed by atoms with van der Waals surface area (Å²) in [5.74, 6) is 1.10. The van der Waals surface area contributed by atoms with E-state index in [4.69, 9.17) is 0 Å². The van der Waals surface area contributed by atoms with Gasteiger partial charge in [-0.15, -0.1) is 10.2 Å². The molecule has 0 saturated heterocycles. The van der Waals surface area contributed by atoms with Gasteiger partial charge >= 0.3 is 0 Å². The Morgan fingerprint density at radius 1 is 1.41 bits per heavy atom. The van der Waals surface area contributed by atoms with E-state index < -0.39 is 0 Å². The summed E-state index contributed by atoms with van der Waals surface area (Å²) >= 11 is 6.14. The average molecular weight is 307 g/mol. The number of aromatic nitrogens is 2. The van der Waals surface area contributed by atoms with E-state index in [0.29, 0.717) is 5.08 Å². The van der Waals surface area contributed by atoms with Crippen molar-refractivity contribution in [2.45, 2.75) is 28.4 Å². The lowest BCUT2D eigenvalue weighted by Crippen LogP contribution is -1.83. The summed E-state index contributed by atoms with van der Waals surface area (Å²) in [6.07, 6.45) is 3.74. The highest BCUT2D eigenvalue weighted by Gasteiger charge is 2.06. The van der Waals surface area contributed by atoms with Crippen molar-refractivity contribution in [3.63, 3.8) is 0 Å². The number of nitrogens with zero attached hydrogens (tertiary/aromatic N) is 2. The first-order valence-corrected chi connectivity index (χ1v) is 8.92. The van der Waals surface area contributed by atoms with Crippen molar-refractivity contribution in [1.82, 2.24) is 10.2 Å². The van der Waals surface area contributed by atoms with Crippen molar-refractivity contribution in [1.29, 1.82) is 0 Å². The largest absolute Gasteiger partial charge is 0.282 e.